The predicted octanol–water partition coefficient (Wildman–Crippen LogP) is 2.96. The third-order valence-electron chi connectivity index (χ3n) is 5.67. The molecule has 0 N–H and O–H groups in total. The molecule has 5 rings (SSSR count). The number of carbonyl (C=O) groups excluding carboxylic acids is 1. The van der Waals surface area contributed by atoms with E-state index in [4.69, 9.17) is 14.2 Å². The molecule has 1 amide bonds. The number of ether oxygens (including phenoxy) is 3. The summed E-state index contributed by atoms with van der Waals surface area (Å²) in [7, 11) is 0. The Bertz CT molecular complexity index is 1170. The molecule has 2 aliphatic heterocycles. The number of pyridine rings is 1. The van der Waals surface area contributed by atoms with Crippen molar-refractivity contribution in [3.05, 3.63) is 70.0 Å². The highest BCUT2D eigenvalue weighted by molar-refractivity contribution is 5.98. The Labute approximate surface area is 173 Å². The molecule has 7 nitrogen and oxygen atoms in total. The van der Waals surface area contributed by atoms with E-state index >= 15 is 0 Å². The van der Waals surface area contributed by atoms with Crippen molar-refractivity contribution in [2.75, 3.05) is 26.5 Å². The maximum Gasteiger partial charge on any atom is 0.259 e. The van der Waals surface area contributed by atoms with Crippen LogP contribution in [-0.4, -0.2) is 41.9 Å². The fraction of sp³-hybridized carbons (Fsp3) is 0.304. The van der Waals surface area contributed by atoms with Gasteiger partial charge in [0.25, 0.3) is 5.91 Å². The Morgan fingerprint density at radius 1 is 1.13 bits per heavy atom. The Morgan fingerprint density at radius 2 is 1.90 bits per heavy atom. The average molecular weight is 406 g/mol. The van der Waals surface area contributed by atoms with Crippen LogP contribution in [0.15, 0.2) is 53.5 Å². The number of morpholine rings is 1. The van der Waals surface area contributed by atoms with E-state index in [1.54, 1.807) is 23.2 Å². The molecular formula is C23H22N2O5. The van der Waals surface area contributed by atoms with Gasteiger partial charge >= 0.3 is 0 Å². The number of benzene rings is 2. The lowest BCUT2D eigenvalue weighted by atomic mass is 10.1. The highest BCUT2D eigenvalue weighted by atomic mass is 16.7. The van der Waals surface area contributed by atoms with Gasteiger partial charge in [0.15, 0.2) is 11.5 Å². The number of amides is 1. The monoisotopic (exact) mass is 406 g/mol. The first kappa shape index (κ1) is 18.7. The van der Waals surface area contributed by atoms with Crippen molar-refractivity contribution in [3.8, 4) is 11.5 Å². The number of fused-ring (bicyclic) bond motifs is 2. The molecule has 0 spiro atoms. The molecule has 0 bridgehead atoms. The molecule has 1 fully saturated rings. The van der Waals surface area contributed by atoms with Gasteiger partial charge in [-0.25, -0.2) is 0 Å². The number of hydrogen-bond acceptors (Lipinski definition) is 5. The van der Waals surface area contributed by atoms with Crippen LogP contribution in [0.3, 0.4) is 0 Å². The normalized spacial score (nSPS) is 18.0. The molecule has 0 saturated carbocycles. The van der Waals surface area contributed by atoms with E-state index in [1.807, 2.05) is 41.8 Å². The van der Waals surface area contributed by atoms with Gasteiger partial charge in [-0.1, -0.05) is 30.3 Å². The summed E-state index contributed by atoms with van der Waals surface area (Å²) in [6.07, 6.45) is 1.45. The highest BCUT2D eigenvalue weighted by Gasteiger charge is 2.28. The molecule has 2 aromatic carbocycles. The largest absolute Gasteiger partial charge is 0.454 e. The summed E-state index contributed by atoms with van der Waals surface area (Å²) in [4.78, 5) is 28.3. The first-order valence-corrected chi connectivity index (χ1v) is 10.1. The van der Waals surface area contributed by atoms with Gasteiger partial charge in [0.05, 0.1) is 24.1 Å². The lowest BCUT2D eigenvalue weighted by Gasteiger charge is -2.33. The number of carbonyl (C=O) groups is 1. The fourth-order valence-electron chi connectivity index (χ4n) is 4.07. The fourth-order valence-corrected chi connectivity index (χ4v) is 4.07. The predicted molar refractivity (Wildman–Crippen MR) is 111 cm³/mol. The van der Waals surface area contributed by atoms with Crippen LogP contribution in [0.1, 0.15) is 28.9 Å². The Hall–Kier alpha value is -3.32. The van der Waals surface area contributed by atoms with E-state index in [2.05, 4.69) is 0 Å². The summed E-state index contributed by atoms with van der Waals surface area (Å²) < 4.78 is 18.7. The van der Waals surface area contributed by atoms with Crippen molar-refractivity contribution >= 4 is 16.8 Å². The van der Waals surface area contributed by atoms with Gasteiger partial charge in [-0.2, -0.15) is 0 Å². The molecule has 1 saturated heterocycles. The van der Waals surface area contributed by atoms with E-state index in [0.717, 1.165) is 11.1 Å². The van der Waals surface area contributed by atoms with Gasteiger partial charge in [-0.15, -0.1) is 0 Å². The van der Waals surface area contributed by atoms with E-state index in [0.29, 0.717) is 43.1 Å². The number of rotatable bonds is 3. The van der Waals surface area contributed by atoms with Crippen LogP contribution in [0, 0.1) is 0 Å². The lowest BCUT2D eigenvalue weighted by Crippen LogP contribution is -2.43. The smallest absolute Gasteiger partial charge is 0.259 e. The van der Waals surface area contributed by atoms with Gasteiger partial charge in [-0.3, -0.25) is 9.59 Å². The first-order chi connectivity index (χ1) is 14.7. The highest BCUT2D eigenvalue weighted by Crippen LogP contribution is 2.35. The zero-order valence-corrected chi connectivity index (χ0v) is 16.7. The zero-order valence-electron chi connectivity index (χ0n) is 16.7. The molecule has 7 heteroatoms. The van der Waals surface area contributed by atoms with Crippen molar-refractivity contribution < 1.29 is 19.0 Å². The minimum Gasteiger partial charge on any atom is -0.454 e. The first-order valence-electron chi connectivity index (χ1n) is 10.1. The van der Waals surface area contributed by atoms with Gasteiger partial charge in [0.1, 0.15) is 11.7 Å². The summed E-state index contributed by atoms with van der Waals surface area (Å²) >= 11 is 0. The molecule has 0 aliphatic carbocycles. The summed E-state index contributed by atoms with van der Waals surface area (Å²) in [5.41, 5.74) is 1.62. The van der Waals surface area contributed by atoms with E-state index < -0.39 is 0 Å². The van der Waals surface area contributed by atoms with Gasteiger partial charge in [0, 0.05) is 25.4 Å². The molecule has 2 aliphatic rings. The van der Waals surface area contributed by atoms with E-state index in [9.17, 15) is 9.59 Å². The van der Waals surface area contributed by atoms with Crippen molar-refractivity contribution in [2.24, 2.45) is 0 Å². The number of hydrogen-bond donors (Lipinski definition) is 0. The van der Waals surface area contributed by atoms with Crippen molar-refractivity contribution in [2.45, 2.75) is 19.6 Å². The van der Waals surface area contributed by atoms with Crippen LogP contribution >= 0.6 is 0 Å². The van der Waals surface area contributed by atoms with E-state index in [1.165, 1.54) is 0 Å². The molecule has 3 aromatic rings. The Morgan fingerprint density at radius 3 is 2.67 bits per heavy atom. The molecule has 0 radical (unpaired) electrons. The summed E-state index contributed by atoms with van der Waals surface area (Å²) in [6, 6.07) is 13.3. The zero-order chi connectivity index (χ0) is 20.7. The Kier molecular flexibility index (Phi) is 4.67. The van der Waals surface area contributed by atoms with Gasteiger partial charge in [-0.05, 0) is 18.6 Å². The molecule has 30 heavy (non-hydrogen) atoms. The van der Waals surface area contributed by atoms with Crippen LogP contribution < -0.4 is 14.9 Å². The standard InChI is InChI=1S/C23H22N2O5/c1-2-24-12-17(22(26)16-10-19-20(11-18(16)24)30-14-29-19)23(27)25-8-9-28-21(13-25)15-6-4-3-5-7-15/h3-7,10-12,21H,2,8-9,13-14H2,1H3. The maximum absolute atomic E-state index is 13.3. The summed E-state index contributed by atoms with van der Waals surface area (Å²) in [6.45, 7) is 4.02. The van der Waals surface area contributed by atoms with Crippen molar-refractivity contribution in [1.82, 2.24) is 9.47 Å². The van der Waals surface area contributed by atoms with Gasteiger partial charge in [0.2, 0.25) is 12.2 Å². The third-order valence-corrected chi connectivity index (χ3v) is 5.67. The second-order valence-electron chi connectivity index (χ2n) is 7.40. The molecule has 1 aromatic heterocycles. The Balaban J connectivity index is 1.52. The van der Waals surface area contributed by atoms with Crippen LogP contribution in [-0.2, 0) is 11.3 Å². The van der Waals surface area contributed by atoms with Crippen molar-refractivity contribution in [1.29, 1.82) is 0 Å². The third kappa shape index (κ3) is 3.11. The SMILES string of the molecule is CCn1cc(C(=O)N2CCOC(c3ccccc3)C2)c(=O)c2cc3c(cc21)OCO3. The second-order valence-corrected chi connectivity index (χ2v) is 7.40. The number of aryl methyl sites for hydroxylation is 1. The summed E-state index contributed by atoms with van der Waals surface area (Å²) in [5, 5.41) is 0.458. The maximum atomic E-state index is 13.3. The van der Waals surface area contributed by atoms with Gasteiger partial charge < -0.3 is 23.7 Å². The number of aromatic nitrogens is 1. The summed E-state index contributed by atoms with van der Waals surface area (Å²) in [5.74, 6) is 0.871. The molecular weight excluding hydrogens is 384 g/mol. The van der Waals surface area contributed by atoms with Crippen LogP contribution in [0.5, 0.6) is 11.5 Å². The topological polar surface area (TPSA) is 70.0 Å². The minimum absolute atomic E-state index is 0.131. The lowest BCUT2D eigenvalue weighted by molar-refractivity contribution is -0.0228. The van der Waals surface area contributed by atoms with Crippen LogP contribution in [0.4, 0.5) is 0 Å². The van der Waals surface area contributed by atoms with Crippen LogP contribution in [0.25, 0.3) is 10.9 Å². The molecule has 154 valence electrons. The minimum atomic E-state index is -0.291. The quantitative estimate of drug-likeness (QED) is 0.669. The average Bonchev–Trinajstić information content (AvgIpc) is 3.26. The number of nitrogens with zero attached hydrogens (tertiary/aromatic N) is 2. The molecule has 3 heterocycles. The molecule has 1 atom stereocenters. The molecule has 1 unspecified atom stereocenters. The van der Waals surface area contributed by atoms with Crippen molar-refractivity contribution in [3.63, 3.8) is 0 Å². The van der Waals surface area contributed by atoms with E-state index in [-0.39, 0.29) is 29.8 Å². The second kappa shape index (κ2) is 7.50. The van der Waals surface area contributed by atoms with Crippen LogP contribution in [0.2, 0.25) is 0 Å².